The van der Waals surface area contributed by atoms with Crippen molar-refractivity contribution in [3.63, 3.8) is 0 Å². The Hall–Kier alpha value is -2.48. The van der Waals surface area contributed by atoms with Gasteiger partial charge < -0.3 is 10.4 Å². The molecule has 0 aliphatic rings. The molecule has 0 heterocycles. The van der Waals surface area contributed by atoms with Crippen molar-refractivity contribution in [2.75, 3.05) is 6.54 Å². The zero-order valence-corrected chi connectivity index (χ0v) is 12.1. The highest BCUT2D eigenvalue weighted by molar-refractivity contribution is 5.94. The minimum atomic E-state index is -4.61. The highest BCUT2D eigenvalue weighted by Gasteiger charge is 2.31. The first-order chi connectivity index (χ1) is 11.2. The Bertz CT molecular complexity index is 725. The molecule has 1 amide bonds. The average molecular weight is 345 g/mol. The van der Waals surface area contributed by atoms with Gasteiger partial charge in [0.15, 0.2) is 0 Å². The Morgan fingerprint density at radius 1 is 1.08 bits per heavy atom. The first-order valence-corrected chi connectivity index (χ1v) is 6.77. The van der Waals surface area contributed by atoms with Crippen molar-refractivity contribution >= 4 is 5.91 Å². The molecular weight excluding hydrogens is 333 g/mol. The van der Waals surface area contributed by atoms with Gasteiger partial charge in [0.1, 0.15) is 17.7 Å². The van der Waals surface area contributed by atoms with Gasteiger partial charge >= 0.3 is 6.18 Å². The molecule has 0 fully saturated rings. The van der Waals surface area contributed by atoms with E-state index in [4.69, 9.17) is 0 Å². The van der Waals surface area contributed by atoms with Gasteiger partial charge in [-0.15, -0.1) is 0 Å². The van der Waals surface area contributed by atoms with Crippen LogP contribution in [-0.4, -0.2) is 17.6 Å². The number of benzene rings is 2. The smallest absolute Gasteiger partial charge is 0.386 e. The largest absolute Gasteiger partial charge is 0.416 e. The normalized spacial score (nSPS) is 12.8. The van der Waals surface area contributed by atoms with Gasteiger partial charge in [-0.2, -0.15) is 13.2 Å². The maximum atomic E-state index is 13.5. The van der Waals surface area contributed by atoms with Gasteiger partial charge in [0.25, 0.3) is 5.91 Å². The van der Waals surface area contributed by atoms with E-state index in [0.717, 1.165) is 36.4 Å². The summed E-state index contributed by atoms with van der Waals surface area (Å²) in [5.41, 5.74) is -1.91. The SMILES string of the molecule is O=C(NCC(O)c1c(F)cccc1F)c1cccc(C(F)(F)F)c1. The Kier molecular flexibility index (Phi) is 5.18. The van der Waals surface area contributed by atoms with Gasteiger partial charge in [0.2, 0.25) is 0 Å². The molecule has 0 bridgehead atoms. The van der Waals surface area contributed by atoms with E-state index in [1.165, 1.54) is 0 Å². The van der Waals surface area contributed by atoms with Crippen LogP contribution in [-0.2, 0) is 6.18 Å². The maximum absolute atomic E-state index is 13.5. The van der Waals surface area contributed by atoms with Crippen molar-refractivity contribution in [1.29, 1.82) is 0 Å². The summed E-state index contributed by atoms with van der Waals surface area (Å²) < 4.78 is 64.8. The number of alkyl halides is 3. The molecule has 8 heteroatoms. The monoisotopic (exact) mass is 345 g/mol. The summed E-state index contributed by atoms with van der Waals surface area (Å²) in [4.78, 5) is 11.9. The Morgan fingerprint density at radius 2 is 1.67 bits per heavy atom. The number of aliphatic hydroxyl groups excluding tert-OH is 1. The molecule has 0 saturated carbocycles. The van der Waals surface area contributed by atoms with Crippen LogP contribution in [0.25, 0.3) is 0 Å². The van der Waals surface area contributed by atoms with Crippen LogP contribution in [0.2, 0.25) is 0 Å². The van der Waals surface area contributed by atoms with Crippen LogP contribution < -0.4 is 5.32 Å². The summed E-state index contributed by atoms with van der Waals surface area (Å²) in [7, 11) is 0. The zero-order valence-electron chi connectivity index (χ0n) is 12.1. The average Bonchev–Trinajstić information content (AvgIpc) is 2.51. The van der Waals surface area contributed by atoms with Crippen LogP contribution in [0.4, 0.5) is 22.0 Å². The molecule has 0 aliphatic carbocycles. The number of amides is 1. The van der Waals surface area contributed by atoms with Gasteiger partial charge in [0, 0.05) is 12.1 Å². The highest BCUT2D eigenvalue weighted by Crippen LogP contribution is 2.29. The third kappa shape index (κ3) is 4.08. The molecule has 0 aliphatic heterocycles. The molecule has 1 atom stereocenters. The number of aliphatic hydroxyl groups is 1. The minimum Gasteiger partial charge on any atom is -0.386 e. The van der Waals surface area contributed by atoms with Crippen molar-refractivity contribution in [2.45, 2.75) is 12.3 Å². The fourth-order valence-electron chi connectivity index (χ4n) is 2.06. The van der Waals surface area contributed by atoms with E-state index in [1.807, 2.05) is 0 Å². The number of hydrogen-bond acceptors (Lipinski definition) is 2. The Morgan fingerprint density at radius 3 is 2.25 bits per heavy atom. The van der Waals surface area contributed by atoms with Crippen LogP contribution in [0.5, 0.6) is 0 Å². The van der Waals surface area contributed by atoms with E-state index >= 15 is 0 Å². The summed E-state index contributed by atoms with van der Waals surface area (Å²) in [6.45, 7) is -0.563. The number of carbonyl (C=O) groups excluding carboxylic acids is 1. The molecule has 0 saturated heterocycles. The molecule has 2 rings (SSSR count). The van der Waals surface area contributed by atoms with E-state index in [0.29, 0.717) is 6.07 Å². The van der Waals surface area contributed by atoms with Gasteiger partial charge in [-0.25, -0.2) is 8.78 Å². The Balaban J connectivity index is 2.08. The van der Waals surface area contributed by atoms with Crippen LogP contribution in [0, 0.1) is 11.6 Å². The standard InChI is InChI=1S/C16H12F5NO2/c17-11-5-2-6-12(18)14(11)13(23)8-22-15(24)9-3-1-4-10(7-9)16(19,20)21/h1-7,13,23H,8H2,(H,22,24). The molecule has 2 aromatic rings. The fraction of sp³-hybridized carbons (Fsp3) is 0.188. The molecule has 0 aromatic heterocycles. The number of nitrogens with one attached hydrogen (secondary N) is 1. The summed E-state index contributed by atoms with van der Waals surface area (Å²) in [5.74, 6) is -2.89. The van der Waals surface area contributed by atoms with Crippen LogP contribution >= 0.6 is 0 Å². The van der Waals surface area contributed by atoms with Gasteiger partial charge in [-0.05, 0) is 30.3 Å². The Labute approximate surface area is 133 Å². The number of carbonyl (C=O) groups is 1. The topological polar surface area (TPSA) is 49.3 Å². The van der Waals surface area contributed by atoms with E-state index in [1.54, 1.807) is 0 Å². The number of rotatable bonds is 4. The summed E-state index contributed by atoms with van der Waals surface area (Å²) in [5, 5.41) is 11.9. The van der Waals surface area contributed by atoms with Gasteiger partial charge in [-0.1, -0.05) is 12.1 Å². The van der Waals surface area contributed by atoms with E-state index in [9.17, 15) is 31.9 Å². The predicted molar refractivity (Wildman–Crippen MR) is 75.1 cm³/mol. The molecule has 1 unspecified atom stereocenters. The lowest BCUT2D eigenvalue weighted by atomic mass is 10.1. The molecule has 0 radical (unpaired) electrons. The number of halogens is 5. The first kappa shape index (κ1) is 17.9. The third-order valence-electron chi connectivity index (χ3n) is 3.24. The first-order valence-electron chi connectivity index (χ1n) is 6.77. The summed E-state index contributed by atoms with van der Waals surface area (Å²) in [6.07, 6.45) is -6.28. The fourth-order valence-corrected chi connectivity index (χ4v) is 2.06. The van der Waals surface area contributed by atoms with Crippen molar-refractivity contribution < 1.29 is 31.9 Å². The molecule has 0 spiro atoms. The van der Waals surface area contributed by atoms with Crippen LogP contribution in [0.3, 0.4) is 0 Å². The van der Waals surface area contributed by atoms with E-state index < -0.39 is 47.5 Å². The molecule has 24 heavy (non-hydrogen) atoms. The van der Waals surface area contributed by atoms with Crippen molar-refractivity contribution in [1.82, 2.24) is 5.32 Å². The minimum absolute atomic E-state index is 0.286. The van der Waals surface area contributed by atoms with Crippen LogP contribution in [0.15, 0.2) is 42.5 Å². The summed E-state index contributed by atoms with van der Waals surface area (Å²) >= 11 is 0. The van der Waals surface area contributed by atoms with Crippen molar-refractivity contribution in [2.24, 2.45) is 0 Å². The molecule has 2 aromatic carbocycles. The zero-order chi connectivity index (χ0) is 17.9. The summed E-state index contributed by atoms with van der Waals surface area (Å²) in [6, 6.07) is 6.66. The lowest BCUT2D eigenvalue weighted by molar-refractivity contribution is -0.137. The van der Waals surface area contributed by atoms with E-state index in [2.05, 4.69) is 5.32 Å². The van der Waals surface area contributed by atoms with Gasteiger partial charge in [0.05, 0.1) is 11.1 Å². The maximum Gasteiger partial charge on any atom is 0.416 e. The number of hydrogen-bond donors (Lipinski definition) is 2. The molecule has 3 nitrogen and oxygen atoms in total. The highest BCUT2D eigenvalue weighted by atomic mass is 19.4. The predicted octanol–water partition coefficient (Wildman–Crippen LogP) is 3.45. The molecular formula is C16H12F5NO2. The van der Waals surface area contributed by atoms with Crippen molar-refractivity contribution in [3.8, 4) is 0 Å². The third-order valence-corrected chi connectivity index (χ3v) is 3.24. The van der Waals surface area contributed by atoms with Gasteiger partial charge in [-0.3, -0.25) is 4.79 Å². The molecule has 128 valence electrons. The lowest BCUT2D eigenvalue weighted by Crippen LogP contribution is -2.29. The van der Waals surface area contributed by atoms with E-state index in [-0.39, 0.29) is 5.56 Å². The second-order valence-electron chi connectivity index (χ2n) is 4.94. The van der Waals surface area contributed by atoms with Crippen LogP contribution in [0.1, 0.15) is 27.6 Å². The second-order valence-corrected chi connectivity index (χ2v) is 4.94. The second kappa shape index (κ2) is 6.96. The quantitative estimate of drug-likeness (QED) is 0.834. The molecule has 2 N–H and O–H groups in total. The lowest BCUT2D eigenvalue weighted by Gasteiger charge is -2.14. The van der Waals surface area contributed by atoms with Crippen molar-refractivity contribution in [3.05, 3.63) is 70.8 Å².